The van der Waals surface area contributed by atoms with Gasteiger partial charge in [-0.3, -0.25) is 0 Å². The lowest BCUT2D eigenvalue weighted by Gasteiger charge is -2.17. The van der Waals surface area contributed by atoms with E-state index in [1.54, 1.807) is 0 Å². The van der Waals surface area contributed by atoms with Crippen LogP contribution in [0.5, 0.6) is 0 Å². The van der Waals surface area contributed by atoms with Gasteiger partial charge in [-0.1, -0.05) is 78.6 Å². The first-order chi connectivity index (χ1) is 7.08. The van der Waals surface area contributed by atoms with Crippen LogP contribution in [0.3, 0.4) is 0 Å². The summed E-state index contributed by atoms with van der Waals surface area (Å²) in [7, 11) is 0. The lowest BCUT2D eigenvalue weighted by atomic mass is 9.89. The molecule has 0 saturated heterocycles. The fourth-order valence-corrected chi connectivity index (χ4v) is 2.74. The van der Waals surface area contributed by atoms with E-state index in [2.05, 4.69) is 20.8 Å². The highest BCUT2D eigenvalue weighted by Gasteiger charge is 2.14. The molecule has 1 fully saturated rings. The second kappa shape index (κ2) is 6.55. The van der Waals surface area contributed by atoms with E-state index in [9.17, 15) is 0 Å². The van der Waals surface area contributed by atoms with E-state index in [0.29, 0.717) is 5.41 Å². The topological polar surface area (TPSA) is 0 Å². The maximum absolute atomic E-state index is 2.35. The van der Waals surface area contributed by atoms with Gasteiger partial charge in [0.1, 0.15) is 0 Å². The van der Waals surface area contributed by atoms with Crippen LogP contribution in [0.15, 0.2) is 0 Å². The fourth-order valence-electron chi connectivity index (χ4n) is 2.74. The summed E-state index contributed by atoms with van der Waals surface area (Å²) >= 11 is 0. The maximum Gasteiger partial charge on any atom is -0.0383 e. The summed E-state index contributed by atoms with van der Waals surface area (Å²) in [4.78, 5) is 0. The van der Waals surface area contributed by atoms with Crippen molar-refractivity contribution in [2.24, 2.45) is 11.3 Å². The molecule has 0 bridgehead atoms. The van der Waals surface area contributed by atoms with Crippen molar-refractivity contribution in [2.75, 3.05) is 0 Å². The van der Waals surface area contributed by atoms with Crippen LogP contribution in [0, 0.1) is 11.3 Å². The molecule has 0 amide bonds. The third kappa shape index (κ3) is 6.98. The van der Waals surface area contributed by atoms with Gasteiger partial charge in [-0.05, 0) is 17.8 Å². The molecule has 0 radical (unpaired) electrons. The van der Waals surface area contributed by atoms with Crippen molar-refractivity contribution >= 4 is 0 Å². The minimum atomic E-state index is 0.547. The normalized spacial score (nSPS) is 18.6. The quantitative estimate of drug-likeness (QED) is 0.503. The highest BCUT2D eigenvalue weighted by Crippen LogP contribution is 2.29. The first kappa shape index (κ1) is 13.1. The SMILES string of the molecule is CC(C)(C)CCCCCCC1CCCC1. The van der Waals surface area contributed by atoms with Gasteiger partial charge in [-0.2, -0.15) is 0 Å². The van der Waals surface area contributed by atoms with Gasteiger partial charge in [0.25, 0.3) is 0 Å². The predicted octanol–water partition coefficient (Wildman–Crippen LogP) is 5.56. The first-order valence-electron chi connectivity index (χ1n) is 7.08. The Morgan fingerprint density at radius 3 is 2.07 bits per heavy atom. The molecule has 0 aromatic rings. The number of rotatable bonds is 6. The van der Waals surface area contributed by atoms with Crippen molar-refractivity contribution in [1.82, 2.24) is 0 Å². The molecule has 1 aliphatic rings. The van der Waals surface area contributed by atoms with Gasteiger partial charge in [0, 0.05) is 0 Å². The second-order valence-electron chi connectivity index (χ2n) is 6.66. The maximum atomic E-state index is 2.35. The van der Waals surface area contributed by atoms with Gasteiger partial charge >= 0.3 is 0 Å². The van der Waals surface area contributed by atoms with Gasteiger partial charge in [0.05, 0.1) is 0 Å². The highest BCUT2D eigenvalue weighted by atomic mass is 14.2. The molecule has 0 spiro atoms. The Bertz CT molecular complexity index is 146. The molecule has 0 heteroatoms. The molecule has 90 valence electrons. The standard InChI is InChI=1S/C15H30/c1-15(2,3)13-9-5-4-6-10-14-11-7-8-12-14/h14H,4-13H2,1-3H3. The van der Waals surface area contributed by atoms with E-state index in [4.69, 9.17) is 0 Å². The number of unbranched alkanes of at least 4 members (excludes halogenated alkanes) is 3. The summed E-state index contributed by atoms with van der Waals surface area (Å²) < 4.78 is 0. The van der Waals surface area contributed by atoms with Gasteiger partial charge in [0.15, 0.2) is 0 Å². The molecule has 1 aliphatic carbocycles. The molecule has 15 heavy (non-hydrogen) atoms. The zero-order chi connectivity index (χ0) is 11.1. The molecule has 0 unspecified atom stereocenters. The summed E-state index contributed by atoms with van der Waals surface area (Å²) in [6, 6.07) is 0. The first-order valence-corrected chi connectivity index (χ1v) is 7.08. The molecule has 0 aromatic carbocycles. The molecule has 0 aliphatic heterocycles. The van der Waals surface area contributed by atoms with Crippen molar-refractivity contribution in [3.8, 4) is 0 Å². The summed E-state index contributed by atoms with van der Waals surface area (Å²) in [5.41, 5.74) is 0.547. The van der Waals surface area contributed by atoms with Crippen LogP contribution < -0.4 is 0 Å². The van der Waals surface area contributed by atoms with Crippen LogP contribution >= 0.6 is 0 Å². The zero-order valence-corrected chi connectivity index (χ0v) is 11.1. The van der Waals surface area contributed by atoms with Crippen molar-refractivity contribution in [1.29, 1.82) is 0 Å². The van der Waals surface area contributed by atoms with Crippen LogP contribution in [0.4, 0.5) is 0 Å². The van der Waals surface area contributed by atoms with E-state index in [1.165, 1.54) is 64.2 Å². The average molecular weight is 210 g/mol. The van der Waals surface area contributed by atoms with Gasteiger partial charge in [0.2, 0.25) is 0 Å². The Labute approximate surface area is 96.8 Å². The van der Waals surface area contributed by atoms with E-state index >= 15 is 0 Å². The summed E-state index contributed by atoms with van der Waals surface area (Å²) in [5, 5.41) is 0. The zero-order valence-electron chi connectivity index (χ0n) is 11.1. The second-order valence-corrected chi connectivity index (χ2v) is 6.66. The highest BCUT2D eigenvalue weighted by molar-refractivity contribution is 4.67. The number of hydrogen-bond donors (Lipinski definition) is 0. The lowest BCUT2D eigenvalue weighted by molar-refractivity contribution is 0.354. The Morgan fingerprint density at radius 2 is 1.47 bits per heavy atom. The van der Waals surface area contributed by atoms with E-state index in [1.807, 2.05) is 0 Å². The van der Waals surface area contributed by atoms with E-state index < -0.39 is 0 Å². The molecular formula is C15H30. The molecule has 0 heterocycles. The van der Waals surface area contributed by atoms with Crippen LogP contribution in [0.25, 0.3) is 0 Å². The fraction of sp³-hybridized carbons (Fsp3) is 1.00. The van der Waals surface area contributed by atoms with Crippen LogP contribution in [0.1, 0.15) is 85.0 Å². The Balaban J connectivity index is 1.84. The van der Waals surface area contributed by atoms with Crippen molar-refractivity contribution < 1.29 is 0 Å². The Hall–Kier alpha value is 0. The van der Waals surface area contributed by atoms with Crippen molar-refractivity contribution in [2.45, 2.75) is 85.0 Å². The molecule has 1 saturated carbocycles. The minimum Gasteiger partial charge on any atom is -0.0602 e. The molecule has 1 rings (SSSR count). The summed E-state index contributed by atoms with van der Waals surface area (Å²) in [6.07, 6.45) is 14.9. The van der Waals surface area contributed by atoms with E-state index in [-0.39, 0.29) is 0 Å². The van der Waals surface area contributed by atoms with E-state index in [0.717, 1.165) is 5.92 Å². The third-order valence-corrected chi connectivity index (χ3v) is 3.76. The van der Waals surface area contributed by atoms with Gasteiger partial charge < -0.3 is 0 Å². The molecule has 0 atom stereocenters. The minimum absolute atomic E-state index is 0.547. The van der Waals surface area contributed by atoms with Crippen molar-refractivity contribution in [3.63, 3.8) is 0 Å². The molecule has 0 N–H and O–H groups in total. The molecule has 0 aromatic heterocycles. The summed E-state index contributed by atoms with van der Waals surface area (Å²) in [6.45, 7) is 7.06. The summed E-state index contributed by atoms with van der Waals surface area (Å²) in [5.74, 6) is 1.10. The smallest absolute Gasteiger partial charge is 0.0383 e. The van der Waals surface area contributed by atoms with Crippen LogP contribution in [0.2, 0.25) is 0 Å². The largest absolute Gasteiger partial charge is 0.0602 e. The lowest BCUT2D eigenvalue weighted by Crippen LogP contribution is -2.03. The molecular weight excluding hydrogens is 180 g/mol. The van der Waals surface area contributed by atoms with Crippen LogP contribution in [-0.2, 0) is 0 Å². The van der Waals surface area contributed by atoms with Crippen molar-refractivity contribution in [3.05, 3.63) is 0 Å². The molecule has 0 nitrogen and oxygen atoms in total. The predicted molar refractivity (Wildman–Crippen MR) is 69.1 cm³/mol. The number of hydrogen-bond acceptors (Lipinski definition) is 0. The van der Waals surface area contributed by atoms with Gasteiger partial charge in [-0.25, -0.2) is 0 Å². The monoisotopic (exact) mass is 210 g/mol. The Morgan fingerprint density at radius 1 is 0.867 bits per heavy atom. The third-order valence-electron chi connectivity index (χ3n) is 3.76. The van der Waals surface area contributed by atoms with Gasteiger partial charge in [-0.15, -0.1) is 0 Å². The average Bonchev–Trinajstić information content (AvgIpc) is 2.61. The Kier molecular flexibility index (Phi) is 5.71. The van der Waals surface area contributed by atoms with Crippen LogP contribution in [-0.4, -0.2) is 0 Å².